The van der Waals surface area contributed by atoms with Gasteiger partial charge in [0, 0.05) is 12.1 Å². The van der Waals surface area contributed by atoms with Gasteiger partial charge in [-0.05, 0) is 12.5 Å². The topological polar surface area (TPSA) is 94.4 Å². The first-order chi connectivity index (χ1) is 9.10. The minimum atomic E-state index is -0.574. The number of hydrogen-bond acceptors (Lipinski definition) is 6. The molecule has 1 heterocycles. The van der Waals surface area contributed by atoms with Crippen LogP contribution in [0.5, 0.6) is 0 Å². The zero-order valence-corrected chi connectivity index (χ0v) is 10.9. The number of fused-ring (bicyclic) bond motifs is 1. The van der Waals surface area contributed by atoms with E-state index in [1.54, 1.807) is 6.07 Å². The second-order valence-electron chi connectivity index (χ2n) is 3.69. The number of carbonyl (C=O) groups excluding carboxylic acids is 1. The van der Waals surface area contributed by atoms with Crippen LogP contribution in [0.2, 0.25) is 0 Å². The molecule has 1 aromatic carbocycles. The maximum Gasteiger partial charge on any atom is 0.413 e. The highest BCUT2D eigenvalue weighted by atomic mass is 32.1. The van der Waals surface area contributed by atoms with Gasteiger partial charge in [-0.2, -0.15) is 0 Å². The third-order valence-corrected chi connectivity index (χ3v) is 3.16. The molecule has 0 aliphatic rings. The Labute approximate surface area is 112 Å². The van der Waals surface area contributed by atoms with E-state index in [1.165, 1.54) is 12.1 Å². The highest BCUT2D eigenvalue weighted by molar-refractivity contribution is 7.22. The van der Waals surface area contributed by atoms with Crippen LogP contribution in [0.3, 0.4) is 0 Å². The summed E-state index contributed by atoms with van der Waals surface area (Å²) >= 11 is 1.16. The molecule has 0 atom stereocenters. The minimum absolute atomic E-state index is 0.00346. The van der Waals surface area contributed by atoms with Crippen molar-refractivity contribution in [3.63, 3.8) is 0 Å². The lowest BCUT2D eigenvalue weighted by molar-refractivity contribution is -0.384. The van der Waals surface area contributed by atoms with E-state index in [1.807, 2.05) is 6.92 Å². The largest absolute Gasteiger partial charge is 0.449 e. The van der Waals surface area contributed by atoms with E-state index in [0.29, 0.717) is 22.0 Å². The van der Waals surface area contributed by atoms with Crippen LogP contribution in [0.15, 0.2) is 18.2 Å². The quantitative estimate of drug-likeness (QED) is 0.686. The number of hydrogen-bond donors (Lipinski definition) is 1. The highest BCUT2D eigenvalue weighted by Crippen LogP contribution is 2.29. The predicted octanol–water partition coefficient (Wildman–Crippen LogP) is 3.16. The zero-order chi connectivity index (χ0) is 13.8. The lowest BCUT2D eigenvalue weighted by Gasteiger charge is -2.01. The molecule has 8 heteroatoms. The van der Waals surface area contributed by atoms with Crippen LogP contribution in [0.25, 0.3) is 10.2 Å². The summed E-state index contributed by atoms with van der Waals surface area (Å²) in [6.45, 7) is 2.23. The van der Waals surface area contributed by atoms with Crippen LogP contribution in [0, 0.1) is 10.1 Å². The summed E-state index contributed by atoms with van der Waals surface area (Å²) in [5.41, 5.74) is 0.595. The van der Waals surface area contributed by atoms with Crippen LogP contribution in [0.1, 0.15) is 13.3 Å². The number of nitrogens with one attached hydrogen (secondary N) is 1. The second-order valence-corrected chi connectivity index (χ2v) is 4.72. The summed E-state index contributed by atoms with van der Waals surface area (Å²) < 4.78 is 5.50. The van der Waals surface area contributed by atoms with Crippen molar-refractivity contribution in [3.8, 4) is 0 Å². The Morgan fingerprint density at radius 1 is 1.58 bits per heavy atom. The molecule has 2 rings (SSSR count). The molecule has 0 spiro atoms. The van der Waals surface area contributed by atoms with Crippen molar-refractivity contribution in [1.29, 1.82) is 0 Å². The van der Waals surface area contributed by atoms with Crippen molar-refractivity contribution in [1.82, 2.24) is 4.98 Å². The van der Waals surface area contributed by atoms with Crippen LogP contribution < -0.4 is 5.32 Å². The molecule has 1 amide bonds. The minimum Gasteiger partial charge on any atom is -0.449 e. The third kappa shape index (κ3) is 3.16. The van der Waals surface area contributed by atoms with Crippen LogP contribution in [-0.2, 0) is 4.74 Å². The molecule has 1 aromatic heterocycles. The van der Waals surface area contributed by atoms with Crippen molar-refractivity contribution in [2.24, 2.45) is 0 Å². The number of nitro benzene ring substituents is 1. The van der Waals surface area contributed by atoms with Gasteiger partial charge in [0.25, 0.3) is 5.69 Å². The summed E-state index contributed by atoms with van der Waals surface area (Å²) in [7, 11) is 0. The Morgan fingerprint density at radius 3 is 3.05 bits per heavy atom. The number of ether oxygens (including phenoxy) is 1. The Kier molecular flexibility index (Phi) is 3.91. The van der Waals surface area contributed by atoms with Gasteiger partial charge in [-0.15, -0.1) is 0 Å². The van der Waals surface area contributed by atoms with E-state index >= 15 is 0 Å². The molecule has 1 N–H and O–H groups in total. The third-order valence-electron chi connectivity index (χ3n) is 2.23. The molecular formula is C11H11N3O4S. The number of amides is 1. The molecule has 19 heavy (non-hydrogen) atoms. The highest BCUT2D eigenvalue weighted by Gasteiger charge is 2.12. The number of non-ortho nitro benzene ring substituents is 1. The number of thiazole rings is 1. The van der Waals surface area contributed by atoms with E-state index in [4.69, 9.17) is 4.74 Å². The molecule has 0 fully saturated rings. The second kappa shape index (κ2) is 5.61. The number of rotatable bonds is 4. The van der Waals surface area contributed by atoms with Gasteiger partial charge in [0.2, 0.25) is 0 Å². The molecular weight excluding hydrogens is 270 g/mol. The van der Waals surface area contributed by atoms with E-state index < -0.39 is 11.0 Å². The fourth-order valence-electron chi connectivity index (χ4n) is 1.40. The summed E-state index contributed by atoms with van der Waals surface area (Å²) in [6, 6.07) is 4.35. The monoisotopic (exact) mass is 281 g/mol. The molecule has 0 aliphatic carbocycles. The van der Waals surface area contributed by atoms with Crippen LogP contribution in [0.4, 0.5) is 15.6 Å². The molecule has 0 saturated heterocycles. The van der Waals surface area contributed by atoms with Crippen LogP contribution >= 0.6 is 11.3 Å². The lowest BCUT2D eigenvalue weighted by atomic mass is 10.3. The SMILES string of the molecule is CCCOC(=O)Nc1nc2ccc([N+](=O)[O-])cc2s1. The molecule has 0 radical (unpaired) electrons. The maximum atomic E-state index is 11.3. The first-order valence-electron chi connectivity index (χ1n) is 5.59. The van der Waals surface area contributed by atoms with E-state index in [9.17, 15) is 14.9 Å². The number of aromatic nitrogens is 1. The molecule has 0 unspecified atom stereocenters. The Balaban J connectivity index is 2.17. The lowest BCUT2D eigenvalue weighted by Crippen LogP contribution is -2.13. The fraction of sp³-hybridized carbons (Fsp3) is 0.273. The van der Waals surface area contributed by atoms with Gasteiger partial charge in [0.05, 0.1) is 21.7 Å². The van der Waals surface area contributed by atoms with Crippen molar-refractivity contribution in [2.75, 3.05) is 11.9 Å². The summed E-state index contributed by atoms with van der Waals surface area (Å²) in [5, 5.41) is 13.5. The number of nitrogens with zero attached hydrogens (tertiary/aromatic N) is 2. The Hall–Kier alpha value is -2.22. The maximum absolute atomic E-state index is 11.3. The predicted molar refractivity (Wildman–Crippen MR) is 71.5 cm³/mol. The summed E-state index contributed by atoms with van der Waals surface area (Å²) in [5.74, 6) is 0. The molecule has 0 bridgehead atoms. The number of benzene rings is 1. The normalized spacial score (nSPS) is 10.4. The molecule has 0 aliphatic heterocycles. The number of nitro groups is 1. The zero-order valence-electron chi connectivity index (χ0n) is 10.1. The molecule has 100 valence electrons. The number of anilines is 1. The van der Waals surface area contributed by atoms with Gasteiger partial charge >= 0.3 is 6.09 Å². The average molecular weight is 281 g/mol. The Bertz CT molecular complexity index is 625. The van der Waals surface area contributed by atoms with Gasteiger partial charge in [-0.25, -0.2) is 9.78 Å². The molecule has 2 aromatic rings. The average Bonchev–Trinajstić information content (AvgIpc) is 2.77. The van der Waals surface area contributed by atoms with E-state index in [2.05, 4.69) is 10.3 Å². The summed E-state index contributed by atoms with van der Waals surface area (Å²) in [4.78, 5) is 25.7. The molecule has 0 saturated carbocycles. The van der Waals surface area contributed by atoms with Crippen molar-refractivity contribution in [3.05, 3.63) is 28.3 Å². The first-order valence-corrected chi connectivity index (χ1v) is 6.40. The van der Waals surface area contributed by atoms with Gasteiger partial charge in [0.15, 0.2) is 5.13 Å². The van der Waals surface area contributed by atoms with E-state index in [-0.39, 0.29) is 5.69 Å². The van der Waals surface area contributed by atoms with Gasteiger partial charge in [-0.3, -0.25) is 15.4 Å². The van der Waals surface area contributed by atoms with Crippen molar-refractivity contribution < 1.29 is 14.5 Å². The molecule has 7 nitrogen and oxygen atoms in total. The van der Waals surface area contributed by atoms with Gasteiger partial charge in [-0.1, -0.05) is 18.3 Å². The van der Waals surface area contributed by atoms with Crippen LogP contribution in [-0.4, -0.2) is 22.6 Å². The summed E-state index contributed by atoms with van der Waals surface area (Å²) in [6.07, 6.45) is 0.162. The number of carbonyl (C=O) groups is 1. The first kappa shape index (κ1) is 13.2. The fourth-order valence-corrected chi connectivity index (χ4v) is 2.28. The van der Waals surface area contributed by atoms with Gasteiger partial charge in [0.1, 0.15) is 0 Å². The van der Waals surface area contributed by atoms with Gasteiger partial charge < -0.3 is 4.74 Å². The van der Waals surface area contributed by atoms with Crippen molar-refractivity contribution in [2.45, 2.75) is 13.3 Å². The van der Waals surface area contributed by atoms with E-state index in [0.717, 1.165) is 17.8 Å². The van der Waals surface area contributed by atoms with Crippen molar-refractivity contribution >= 4 is 38.5 Å². The Morgan fingerprint density at radius 2 is 2.37 bits per heavy atom. The standard InChI is InChI=1S/C11H11N3O4S/c1-2-5-18-11(15)13-10-12-8-4-3-7(14(16)17)6-9(8)19-10/h3-4,6H,2,5H2,1H3,(H,12,13,15). The smallest absolute Gasteiger partial charge is 0.413 e.